The van der Waals surface area contributed by atoms with Crippen LogP contribution in [0.5, 0.6) is 0 Å². The average Bonchev–Trinajstić information content (AvgIpc) is 3.36. The Bertz CT molecular complexity index is 898. The van der Waals surface area contributed by atoms with Gasteiger partial charge in [-0.25, -0.2) is 15.0 Å². The lowest BCUT2D eigenvalue weighted by molar-refractivity contribution is 0.0955. The van der Waals surface area contributed by atoms with E-state index in [-0.39, 0.29) is 5.91 Å². The third kappa shape index (κ3) is 3.45. The fourth-order valence-electron chi connectivity index (χ4n) is 2.72. The van der Waals surface area contributed by atoms with E-state index in [4.69, 9.17) is 0 Å². The van der Waals surface area contributed by atoms with Crippen molar-refractivity contribution in [2.45, 2.75) is 26.3 Å². The van der Waals surface area contributed by atoms with Gasteiger partial charge in [0.25, 0.3) is 5.91 Å². The number of rotatable bonds is 6. The quantitative estimate of drug-likeness (QED) is 0.723. The van der Waals surface area contributed by atoms with Gasteiger partial charge in [-0.2, -0.15) is 0 Å². The predicted molar refractivity (Wildman–Crippen MR) is 95.8 cm³/mol. The molecule has 3 aromatic heterocycles. The van der Waals surface area contributed by atoms with Crippen LogP contribution in [0.3, 0.4) is 0 Å². The first-order valence-electron chi connectivity index (χ1n) is 8.56. The van der Waals surface area contributed by atoms with Gasteiger partial charge in [0, 0.05) is 19.3 Å². The SMILES string of the molecule is CCNC(=O)c1ccc(Nc2ccc3ncn(CC4CC4)c3n2)nc1. The Morgan fingerprint density at radius 3 is 2.76 bits per heavy atom. The highest BCUT2D eigenvalue weighted by Gasteiger charge is 2.22. The van der Waals surface area contributed by atoms with Crippen LogP contribution in [0.25, 0.3) is 11.2 Å². The summed E-state index contributed by atoms with van der Waals surface area (Å²) in [4.78, 5) is 25.1. The molecule has 0 saturated heterocycles. The number of fused-ring (bicyclic) bond motifs is 1. The molecular formula is C18H20N6O. The summed E-state index contributed by atoms with van der Waals surface area (Å²) in [5.74, 6) is 2.00. The Morgan fingerprint density at radius 1 is 1.20 bits per heavy atom. The summed E-state index contributed by atoms with van der Waals surface area (Å²) in [6.45, 7) is 3.46. The lowest BCUT2D eigenvalue weighted by atomic mass is 10.2. The molecule has 4 rings (SSSR count). The van der Waals surface area contributed by atoms with E-state index in [1.54, 1.807) is 18.3 Å². The van der Waals surface area contributed by atoms with Crippen molar-refractivity contribution in [3.8, 4) is 0 Å². The topological polar surface area (TPSA) is 84.7 Å². The lowest BCUT2D eigenvalue weighted by Gasteiger charge is -2.07. The van der Waals surface area contributed by atoms with Crippen LogP contribution in [0, 0.1) is 5.92 Å². The number of hydrogen-bond donors (Lipinski definition) is 2. The highest BCUT2D eigenvalue weighted by atomic mass is 16.1. The molecule has 0 atom stereocenters. The van der Waals surface area contributed by atoms with Gasteiger partial charge in [0.1, 0.15) is 17.2 Å². The number of pyridine rings is 2. The Balaban J connectivity index is 1.52. The highest BCUT2D eigenvalue weighted by Crippen LogP contribution is 2.31. The maximum absolute atomic E-state index is 11.8. The molecule has 3 aromatic rings. The van der Waals surface area contributed by atoms with Crippen LogP contribution in [0.1, 0.15) is 30.1 Å². The molecule has 3 heterocycles. The molecule has 0 radical (unpaired) electrons. The molecule has 0 bridgehead atoms. The fraction of sp³-hybridized carbons (Fsp3) is 0.333. The molecule has 1 amide bonds. The summed E-state index contributed by atoms with van der Waals surface area (Å²) in [6.07, 6.45) is 6.00. The number of amides is 1. The van der Waals surface area contributed by atoms with E-state index in [1.807, 2.05) is 25.4 Å². The smallest absolute Gasteiger partial charge is 0.252 e. The van der Waals surface area contributed by atoms with E-state index in [2.05, 4.69) is 30.2 Å². The monoisotopic (exact) mass is 336 g/mol. The lowest BCUT2D eigenvalue weighted by Crippen LogP contribution is -2.22. The van der Waals surface area contributed by atoms with Gasteiger partial charge in [-0.15, -0.1) is 0 Å². The average molecular weight is 336 g/mol. The van der Waals surface area contributed by atoms with Crippen molar-refractivity contribution < 1.29 is 4.79 Å². The highest BCUT2D eigenvalue weighted by molar-refractivity contribution is 5.94. The Morgan fingerprint density at radius 2 is 2.04 bits per heavy atom. The molecule has 1 saturated carbocycles. The van der Waals surface area contributed by atoms with Gasteiger partial charge < -0.3 is 15.2 Å². The van der Waals surface area contributed by atoms with Gasteiger partial charge in [0.2, 0.25) is 0 Å². The maximum atomic E-state index is 11.8. The van der Waals surface area contributed by atoms with E-state index in [0.29, 0.717) is 23.7 Å². The van der Waals surface area contributed by atoms with Crippen molar-refractivity contribution in [1.82, 2.24) is 24.8 Å². The van der Waals surface area contributed by atoms with Crippen molar-refractivity contribution in [3.63, 3.8) is 0 Å². The standard InChI is InChI=1S/C18H20N6O/c1-2-19-18(25)13-5-7-15(20-9-13)22-16-8-6-14-17(23-16)24(11-21-14)10-12-3-4-12/h5-9,11-12H,2-4,10H2,1H3,(H,19,25)(H,20,22,23). The molecule has 0 aliphatic heterocycles. The number of anilines is 2. The summed E-state index contributed by atoms with van der Waals surface area (Å²) >= 11 is 0. The van der Waals surface area contributed by atoms with Gasteiger partial charge in [-0.05, 0) is 49.9 Å². The van der Waals surface area contributed by atoms with Crippen LogP contribution in [0.15, 0.2) is 36.8 Å². The van der Waals surface area contributed by atoms with Crippen molar-refractivity contribution in [3.05, 3.63) is 42.4 Å². The summed E-state index contributed by atoms with van der Waals surface area (Å²) in [7, 11) is 0. The van der Waals surface area contributed by atoms with E-state index in [1.165, 1.54) is 12.8 Å². The molecule has 1 fully saturated rings. The van der Waals surface area contributed by atoms with Gasteiger partial charge in [0.05, 0.1) is 11.9 Å². The van der Waals surface area contributed by atoms with Gasteiger partial charge >= 0.3 is 0 Å². The maximum Gasteiger partial charge on any atom is 0.252 e. The second-order valence-electron chi connectivity index (χ2n) is 6.30. The van der Waals surface area contributed by atoms with E-state index >= 15 is 0 Å². The zero-order valence-corrected chi connectivity index (χ0v) is 14.1. The number of hydrogen-bond acceptors (Lipinski definition) is 5. The van der Waals surface area contributed by atoms with Crippen LogP contribution in [-0.2, 0) is 6.54 Å². The Kier molecular flexibility index (Phi) is 4.05. The van der Waals surface area contributed by atoms with Crippen molar-refractivity contribution in [1.29, 1.82) is 0 Å². The summed E-state index contributed by atoms with van der Waals surface area (Å²) in [5.41, 5.74) is 2.32. The molecule has 0 aromatic carbocycles. The zero-order chi connectivity index (χ0) is 17.2. The van der Waals surface area contributed by atoms with E-state index in [0.717, 1.165) is 23.6 Å². The minimum absolute atomic E-state index is 0.120. The zero-order valence-electron chi connectivity index (χ0n) is 14.1. The first kappa shape index (κ1) is 15.6. The molecule has 2 N–H and O–H groups in total. The first-order chi connectivity index (χ1) is 12.2. The minimum atomic E-state index is -0.120. The summed E-state index contributed by atoms with van der Waals surface area (Å²) in [5, 5.41) is 5.94. The third-order valence-electron chi connectivity index (χ3n) is 4.23. The Labute approximate surface area is 145 Å². The second kappa shape index (κ2) is 6.51. The van der Waals surface area contributed by atoms with Crippen LogP contribution in [0.4, 0.5) is 11.6 Å². The van der Waals surface area contributed by atoms with Gasteiger partial charge in [0.15, 0.2) is 5.65 Å². The Hall–Kier alpha value is -2.96. The molecule has 7 nitrogen and oxygen atoms in total. The predicted octanol–water partition coefficient (Wildman–Crippen LogP) is 2.73. The van der Waals surface area contributed by atoms with E-state index in [9.17, 15) is 4.79 Å². The van der Waals surface area contributed by atoms with Gasteiger partial charge in [-0.3, -0.25) is 4.79 Å². The molecule has 1 aliphatic carbocycles. The number of imidazole rings is 1. The van der Waals surface area contributed by atoms with Crippen LogP contribution in [-0.4, -0.2) is 32.0 Å². The molecule has 128 valence electrons. The van der Waals surface area contributed by atoms with Crippen molar-refractivity contribution in [2.75, 3.05) is 11.9 Å². The number of carbonyl (C=O) groups is 1. The molecule has 7 heteroatoms. The van der Waals surface area contributed by atoms with Crippen LogP contribution in [0.2, 0.25) is 0 Å². The molecular weight excluding hydrogens is 316 g/mol. The molecule has 1 aliphatic rings. The normalized spacial score (nSPS) is 13.8. The largest absolute Gasteiger partial charge is 0.352 e. The second-order valence-corrected chi connectivity index (χ2v) is 6.30. The number of carbonyl (C=O) groups excluding carboxylic acids is 1. The van der Waals surface area contributed by atoms with Crippen molar-refractivity contribution in [2.24, 2.45) is 5.92 Å². The first-order valence-corrected chi connectivity index (χ1v) is 8.56. The molecule has 0 spiro atoms. The number of nitrogens with one attached hydrogen (secondary N) is 2. The number of aromatic nitrogens is 4. The van der Waals surface area contributed by atoms with Crippen LogP contribution < -0.4 is 10.6 Å². The summed E-state index contributed by atoms with van der Waals surface area (Å²) < 4.78 is 2.11. The molecule has 25 heavy (non-hydrogen) atoms. The number of nitrogens with zero attached hydrogens (tertiary/aromatic N) is 4. The van der Waals surface area contributed by atoms with Crippen LogP contribution >= 0.6 is 0 Å². The third-order valence-corrected chi connectivity index (χ3v) is 4.23. The van der Waals surface area contributed by atoms with Crippen molar-refractivity contribution >= 4 is 28.7 Å². The fourth-order valence-corrected chi connectivity index (χ4v) is 2.72. The molecule has 0 unspecified atom stereocenters. The summed E-state index contributed by atoms with van der Waals surface area (Å²) in [6, 6.07) is 7.36. The minimum Gasteiger partial charge on any atom is -0.352 e. The van der Waals surface area contributed by atoms with E-state index < -0.39 is 0 Å². The van der Waals surface area contributed by atoms with Gasteiger partial charge in [-0.1, -0.05) is 0 Å².